The molecule has 0 aromatic rings. The summed E-state index contributed by atoms with van der Waals surface area (Å²) >= 11 is 1.79. The molecule has 9 heavy (non-hydrogen) atoms. The van der Waals surface area contributed by atoms with Crippen molar-refractivity contribution in [1.29, 1.82) is 0 Å². The molecule has 1 rings (SSSR count). The van der Waals surface area contributed by atoms with Crippen LogP contribution in [0.25, 0.3) is 0 Å². The highest BCUT2D eigenvalue weighted by atomic mass is 32.2. The molecule has 52 valence electrons. The maximum Gasteiger partial charge on any atom is 0.137 e. The Hall–Kier alpha value is -0.110. The molecule has 1 heterocycles. The van der Waals surface area contributed by atoms with E-state index in [2.05, 4.69) is 20.8 Å². The zero-order valence-electron chi connectivity index (χ0n) is 6.10. The summed E-state index contributed by atoms with van der Waals surface area (Å²) in [6.45, 7) is 6.58. The zero-order chi connectivity index (χ0) is 6.91. The van der Waals surface area contributed by atoms with Crippen molar-refractivity contribution < 1.29 is 4.74 Å². The number of rotatable bonds is 0. The van der Waals surface area contributed by atoms with Gasteiger partial charge in [-0.05, 0) is 5.41 Å². The predicted molar refractivity (Wildman–Crippen MR) is 41.1 cm³/mol. The molecule has 2 heteroatoms. The topological polar surface area (TPSA) is 9.23 Å². The highest BCUT2D eigenvalue weighted by Gasteiger charge is 2.20. The van der Waals surface area contributed by atoms with Crippen molar-refractivity contribution in [2.75, 3.05) is 5.94 Å². The molecule has 0 aliphatic carbocycles. The van der Waals surface area contributed by atoms with Crippen LogP contribution >= 0.6 is 11.8 Å². The molecule has 1 aliphatic rings. The van der Waals surface area contributed by atoms with Crippen LogP contribution in [0.15, 0.2) is 11.2 Å². The van der Waals surface area contributed by atoms with Gasteiger partial charge in [0.15, 0.2) is 0 Å². The Kier molecular flexibility index (Phi) is 1.75. The van der Waals surface area contributed by atoms with Gasteiger partial charge in [0.25, 0.3) is 0 Å². The van der Waals surface area contributed by atoms with E-state index >= 15 is 0 Å². The minimum Gasteiger partial charge on any atom is -0.489 e. The Morgan fingerprint density at radius 2 is 2.22 bits per heavy atom. The van der Waals surface area contributed by atoms with Gasteiger partial charge in [-0.15, -0.1) is 0 Å². The van der Waals surface area contributed by atoms with E-state index in [1.807, 2.05) is 6.26 Å². The van der Waals surface area contributed by atoms with Crippen LogP contribution in [0, 0.1) is 5.41 Å². The number of hydrogen-bond donors (Lipinski definition) is 0. The van der Waals surface area contributed by atoms with Crippen LogP contribution in [0.3, 0.4) is 0 Å². The minimum absolute atomic E-state index is 0.279. The van der Waals surface area contributed by atoms with Crippen molar-refractivity contribution in [3.8, 4) is 0 Å². The van der Waals surface area contributed by atoms with Gasteiger partial charge in [0, 0.05) is 4.91 Å². The molecular formula is C7H12OS. The Morgan fingerprint density at radius 3 is 2.44 bits per heavy atom. The molecule has 1 aliphatic heterocycles. The summed E-state index contributed by atoms with van der Waals surface area (Å²) < 4.78 is 5.08. The first kappa shape index (κ1) is 7.00. The van der Waals surface area contributed by atoms with Gasteiger partial charge in [0.2, 0.25) is 0 Å². The second-order valence-corrected chi connectivity index (χ2v) is 4.13. The predicted octanol–water partition coefficient (Wildman–Crippen LogP) is 2.59. The summed E-state index contributed by atoms with van der Waals surface area (Å²) in [7, 11) is 0. The minimum atomic E-state index is 0.279. The number of allylic oxidation sites excluding steroid dienone is 1. The van der Waals surface area contributed by atoms with Crippen molar-refractivity contribution in [1.82, 2.24) is 0 Å². The molecule has 0 bridgehead atoms. The van der Waals surface area contributed by atoms with E-state index in [0.717, 1.165) is 5.94 Å². The largest absolute Gasteiger partial charge is 0.489 e. The van der Waals surface area contributed by atoms with Gasteiger partial charge in [-0.2, -0.15) is 0 Å². The molecule has 1 nitrogen and oxygen atoms in total. The number of ether oxygens (including phenoxy) is 1. The average Bonchev–Trinajstić information content (AvgIpc) is 2.08. The molecule has 0 N–H and O–H groups in total. The van der Waals surface area contributed by atoms with E-state index in [-0.39, 0.29) is 5.41 Å². The van der Waals surface area contributed by atoms with E-state index in [0.29, 0.717) is 0 Å². The van der Waals surface area contributed by atoms with E-state index in [9.17, 15) is 0 Å². The quantitative estimate of drug-likeness (QED) is 0.517. The lowest BCUT2D eigenvalue weighted by Gasteiger charge is -2.16. The van der Waals surface area contributed by atoms with Crippen LogP contribution in [-0.2, 0) is 4.74 Å². The van der Waals surface area contributed by atoms with Crippen molar-refractivity contribution in [2.45, 2.75) is 20.8 Å². The smallest absolute Gasteiger partial charge is 0.137 e. The lowest BCUT2D eigenvalue weighted by molar-refractivity contribution is 0.320. The maximum absolute atomic E-state index is 5.08. The maximum atomic E-state index is 5.08. The second-order valence-electron chi connectivity index (χ2n) is 3.16. The van der Waals surface area contributed by atoms with Crippen LogP contribution in [0.5, 0.6) is 0 Å². The van der Waals surface area contributed by atoms with Crippen molar-refractivity contribution >= 4 is 11.8 Å². The molecule has 0 saturated heterocycles. The summed E-state index contributed by atoms with van der Waals surface area (Å²) in [6, 6.07) is 0. The molecule has 0 spiro atoms. The van der Waals surface area contributed by atoms with Gasteiger partial charge < -0.3 is 4.74 Å². The zero-order valence-corrected chi connectivity index (χ0v) is 6.92. The van der Waals surface area contributed by atoms with Gasteiger partial charge >= 0.3 is 0 Å². The summed E-state index contributed by atoms with van der Waals surface area (Å²) in [5.74, 6) is 0.798. The molecule has 0 amide bonds. The first-order chi connectivity index (χ1) is 4.11. The van der Waals surface area contributed by atoms with Gasteiger partial charge in [0.05, 0.1) is 6.26 Å². The van der Waals surface area contributed by atoms with Crippen molar-refractivity contribution in [3.05, 3.63) is 11.2 Å². The molecule has 0 radical (unpaired) electrons. The van der Waals surface area contributed by atoms with Crippen LogP contribution in [0.4, 0.5) is 0 Å². The first-order valence-corrected chi connectivity index (χ1v) is 4.04. The van der Waals surface area contributed by atoms with Crippen LogP contribution in [0.1, 0.15) is 20.8 Å². The third-order valence-electron chi connectivity index (χ3n) is 1.21. The molecule has 0 saturated carbocycles. The number of hydrogen-bond acceptors (Lipinski definition) is 2. The summed E-state index contributed by atoms with van der Waals surface area (Å²) in [6.07, 6.45) is 1.87. The fourth-order valence-corrected chi connectivity index (χ4v) is 1.47. The summed E-state index contributed by atoms with van der Waals surface area (Å²) in [4.78, 5) is 1.35. The fraction of sp³-hybridized carbons (Fsp3) is 0.714. The molecule has 0 unspecified atom stereocenters. The second kappa shape index (κ2) is 2.25. The van der Waals surface area contributed by atoms with Gasteiger partial charge in [-0.3, -0.25) is 0 Å². The van der Waals surface area contributed by atoms with E-state index < -0.39 is 0 Å². The summed E-state index contributed by atoms with van der Waals surface area (Å²) in [5.41, 5.74) is 0.279. The average molecular weight is 144 g/mol. The van der Waals surface area contributed by atoms with Crippen molar-refractivity contribution in [3.63, 3.8) is 0 Å². The lowest BCUT2D eigenvalue weighted by Crippen LogP contribution is -2.04. The normalized spacial score (nSPS) is 19.2. The van der Waals surface area contributed by atoms with E-state index in [1.54, 1.807) is 11.8 Å². The molecule has 0 aromatic heterocycles. The molecule has 0 aromatic carbocycles. The van der Waals surface area contributed by atoms with Crippen LogP contribution in [0.2, 0.25) is 0 Å². The Bertz CT molecular complexity index is 132. The Balaban J connectivity index is 2.61. The monoisotopic (exact) mass is 144 g/mol. The van der Waals surface area contributed by atoms with Gasteiger partial charge in [0.1, 0.15) is 5.94 Å². The molecular weight excluding hydrogens is 132 g/mol. The van der Waals surface area contributed by atoms with Crippen LogP contribution < -0.4 is 0 Å². The van der Waals surface area contributed by atoms with Crippen LogP contribution in [-0.4, -0.2) is 5.94 Å². The summed E-state index contributed by atoms with van der Waals surface area (Å²) in [5, 5.41) is 0. The standard InChI is InChI=1S/C7H12OS/c1-7(2,3)6-4-8-5-9-6/h4H,5H2,1-3H3. The first-order valence-electron chi connectivity index (χ1n) is 3.06. The Morgan fingerprint density at radius 1 is 1.56 bits per heavy atom. The molecule has 0 fully saturated rings. The highest BCUT2D eigenvalue weighted by molar-refractivity contribution is 8.03. The SMILES string of the molecule is CC(C)(C)C1=COCS1. The highest BCUT2D eigenvalue weighted by Crippen LogP contribution is 2.37. The van der Waals surface area contributed by atoms with Gasteiger partial charge in [-0.1, -0.05) is 32.5 Å². The molecule has 0 atom stereocenters. The Labute approximate surface area is 60.5 Å². The van der Waals surface area contributed by atoms with Crippen molar-refractivity contribution in [2.24, 2.45) is 5.41 Å². The van der Waals surface area contributed by atoms with E-state index in [1.165, 1.54) is 4.91 Å². The number of thioether (sulfide) groups is 1. The lowest BCUT2D eigenvalue weighted by atomic mass is 9.97. The van der Waals surface area contributed by atoms with Gasteiger partial charge in [-0.25, -0.2) is 0 Å². The van der Waals surface area contributed by atoms with E-state index in [4.69, 9.17) is 4.74 Å². The third kappa shape index (κ3) is 1.65. The fourth-order valence-electron chi connectivity index (χ4n) is 0.635. The third-order valence-corrected chi connectivity index (χ3v) is 2.49.